The summed E-state index contributed by atoms with van der Waals surface area (Å²) in [6, 6.07) is 0. The maximum absolute atomic E-state index is 11.3. The largest absolute Gasteiger partial charge is 0.481 e. The first kappa shape index (κ1) is 9.71. The lowest BCUT2D eigenvalue weighted by atomic mass is 9.81. The second-order valence-electron chi connectivity index (χ2n) is 3.69. The van der Waals surface area contributed by atoms with Crippen LogP contribution in [0.3, 0.4) is 0 Å². The second-order valence-corrected chi connectivity index (χ2v) is 4.49. The molecule has 2 N–H and O–H groups in total. The van der Waals surface area contributed by atoms with Crippen molar-refractivity contribution in [2.24, 2.45) is 0 Å². The van der Waals surface area contributed by atoms with Crippen molar-refractivity contribution in [3.05, 3.63) is 16.4 Å². The highest BCUT2D eigenvalue weighted by molar-refractivity contribution is 9.10. The first-order valence-electron chi connectivity index (χ1n) is 4.59. The number of halogens is 1. The molecule has 0 aromatic carbocycles. The van der Waals surface area contributed by atoms with Crippen LogP contribution >= 0.6 is 15.9 Å². The van der Waals surface area contributed by atoms with E-state index in [1.54, 1.807) is 6.20 Å². The average Bonchev–Trinajstić information content (AvgIpc) is 2.72. The molecule has 0 spiro atoms. The third-order valence-corrected chi connectivity index (χ3v) is 3.58. The molecule has 0 atom stereocenters. The minimum absolute atomic E-state index is 0.696. The minimum atomic E-state index is -0.739. The Kier molecular flexibility index (Phi) is 2.34. The Balaban J connectivity index is 2.46. The molecule has 0 amide bonds. The molecule has 14 heavy (non-hydrogen) atoms. The number of carboxylic acid groups (broad SMARTS) is 1. The van der Waals surface area contributed by atoms with Gasteiger partial charge in [0.25, 0.3) is 0 Å². The zero-order chi connectivity index (χ0) is 10.2. The van der Waals surface area contributed by atoms with Crippen LogP contribution in [0.25, 0.3) is 0 Å². The number of rotatable bonds is 2. The lowest BCUT2D eigenvalue weighted by Crippen LogP contribution is -2.32. The van der Waals surface area contributed by atoms with Crippen LogP contribution in [0.5, 0.6) is 0 Å². The van der Waals surface area contributed by atoms with E-state index in [-0.39, 0.29) is 0 Å². The lowest BCUT2D eigenvalue weighted by Gasteiger charge is -2.22. The molecule has 76 valence electrons. The number of aromatic nitrogens is 2. The van der Waals surface area contributed by atoms with E-state index in [2.05, 4.69) is 26.1 Å². The van der Waals surface area contributed by atoms with Crippen LogP contribution in [0, 0.1) is 0 Å². The van der Waals surface area contributed by atoms with Crippen LogP contribution in [-0.4, -0.2) is 21.3 Å². The molecule has 1 saturated carbocycles. The fraction of sp³-hybridized carbons (Fsp3) is 0.556. The highest BCUT2D eigenvalue weighted by Gasteiger charge is 2.44. The molecule has 1 aromatic heterocycles. The molecular weight excluding hydrogens is 248 g/mol. The van der Waals surface area contributed by atoms with E-state index >= 15 is 0 Å². The van der Waals surface area contributed by atoms with Crippen molar-refractivity contribution in [3.8, 4) is 0 Å². The fourth-order valence-corrected chi connectivity index (χ4v) is 2.77. The third-order valence-electron chi connectivity index (χ3n) is 2.97. The van der Waals surface area contributed by atoms with E-state index in [9.17, 15) is 9.90 Å². The van der Waals surface area contributed by atoms with E-state index in [4.69, 9.17) is 0 Å². The first-order valence-corrected chi connectivity index (χ1v) is 5.39. The summed E-state index contributed by atoms with van der Waals surface area (Å²) < 4.78 is 0.696. The average molecular weight is 259 g/mol. The summed E-state index contributed by atoms with van der Waals surface area (Å²) in [4.78, 5) is 11.3. The molecule has 1 aliphatic carbocycles. The van der Waals surface area contributed by atoms with Crippen molar-refractivity contribution in [1.29, 1.82) is 0 Å². The quantitative estimate of drug-likeness (QED) is 0.854. The smallest absolute Gasteiger partial charge is 0.314 e. The number of hydrogen-bond donors (Lipinski definition) is 2. The Morgan fingerprint density at radius 3 is 2.64 bits per heavy atom. The molecule has 0 bridgehead atoms. The van der Waals surface area contributed by atoms with Crippen molar-refractivity contribution in [2.75, 3.05) is 0 Å². The zero-order valence-corrected chi connectivity index (χ0v) is 9.17. The van der Waals surface area contributed by atoms with Crippen molar-refractivity contribution >= 4 is 21.9 Å². The predicted molar refractivity (Wildman–Crippen MR) is 54.1 cm³/mol. The van der Waals surface area contributed by atoms with Gasteiger partial charge in [-0.2, -0.15) is 5.10 Å². The summed E-state index contributed by atoms with van der Waals surface area (Å²) in [5, 5.41) is 15.9. The topological polar surface area (TPSA) is 66.0 Å². The Morgan fingerprint density at radius 1 is 1.57 bits per heavy atom. The number of H-pyrrole nitrogens is 1. The molecule has 2 rings (SSSR count). The maximum atomic E-state index is 11.3. The Morgan fingerprint density at radius 2 is 2.21 bits per heavy atom. The molecule has 1 aliphatic rings. The van der Waals surface area contributed by atoms with Gasteiger partial charge in [0, 0.05) is 5.56 Å². The van der Waals surface area contributed by atoms with Gasteiger partial charge < -0.3 is 5.11 Å². The number of aromatic amines is 1. The Bertz CT molecular complexity index is 355. The Hall–Kier alpha value is -0.840. The summed E-state index contributed by atoms with van der Waals surface area (Å²) in [5.41, 5.74) is 0.0637. The van der Waals surface area contributed by atoms with Gasteiger partial charge in [0.1, 0.15) is 4.60 Å². The molecule has 0 saturated heterocycles. The standard InChI is InChI=1S/C9H11BrN2O2/c10-7-6(5-11-12-7)9(8(13)14)3-1-2-4-9/h5H,1-4H2,(H,11,12)(H,13,14). The van der Waals surface area contributed by atoms with Gasteiger partial charge >= 0.3 is 5.97 Å². The number of aliphatic carboxylic acids is 1. The third kappa shape index (κ3) is 1.27. The van der Waals surface area contributed by atoms with Crippen LogP contribution in [0.15, 0.2) is 10.8 Å². The molecule has 0 aliphatic heterocycles. The van der Waals surface area contributed by atoms with Gasteiger partial charge in [0.15, 0.2) is 0 Å². The van der Waals surface area contributed by atoms with Crippen LogP contribution in [-0.2, 0) is 10.2 Å². The number of carboxylic acids is 1. The van der Waals surface area contributed by atoms with Crippen molar-refractivity contribution in [2.45, 2.75) is 31.1 Å². The summed E-state index contributed by atoms with van der Waals surface area (Å²) in [6.07, 6.45) is 4.98. The summed E-state index contributed by atoms with van der Waals surface area (Å²) in [7, 11) is 0. The maximum Gasteiger partial charge on any atom is 0.314 e. The van der Waals surface area contributed by atoms with Crippen molar-refractivity contribution in [3.63, 3.8) is 0 Å². The number of nitrogens with one attached hydrogen (secondary N) is 1. The van der Waals surface area contributed by atoms with Crippen molar-refractivity contribution in [1.82, 2.24) is 10.2 Å². The summed E-state index contributed by atoms with van der Waals surface area (Å²) >= 11 is 3.30. The van der Waals surface area contributed by atoms with Crippen molar-refractivity contribution < 1.29 is 9.90 Å². The van der Waals surface area contributed by atoms with E-state index in [1.807, 2.05) is 0 Å². The number of carbonyl (C=O) groups is 1. The number of hydrogen-bond acceptors (Lipinski definition) is 2. The van der Waals surface area contributed by atoms with E-state index in [0.29, 0.717) is 17.4 Å². The van der Waals surface area contributed by atoms with Gasteiger partial charge in [0.2, 0.25) is 0 Å². The second kappa shape index (κ2) is 3.38. The molecule has 0 unspecified atom stereocenters. The van der Waals surface area contributed by atoms with Crippen LogP contribution in [0.1, 0.15) is 31.2 Å². The predicted octanol–water partition coefficient (Wildman–Crippen LogP) is 2.07. The first-order chi connectivity index (χ1) is 6.67. The zero-order valence-electron chi connectivity index (χ0n) is 7.59. The highest BCUT2D eigenvalue weighted by Crippen LogP contribution is 2.43. The highest BCUT2D eigenvalue weighted by atomic mass is 79.9. The molecule has 1 fully saturated rings. The van der Waals surface area contributed by atoms with E-state index in [1.165, 1.54) is 0 Å². The number of nitrogens with zero attached hydrogens (tertiary/aromatic N) is 1. The van der Waals surface area contributed by atoms with E-state index < -0.39 is 11.4 Å². The van der Waals surface area contributed by atoms with Gasteiger partial charge in [-0.05, 0) is 28.8 Å². The van der Waals surface area contributed by atoms with Crippen LogP contribution in [0.4, 0.5) is 0 Å². The molecule has 1 heterocycles. The van der Waals surface area contributed by atoms with Crippen LogP contribution in [0.2, 0.25) is 0 Å². The monoisotopic (exact) mass is 258 g/mol. The summed E-state index contributed by atoms with van der Waals surface area (Å²) in [5.74, 6) is -0.739. The lowest BCUT2D eigenvalue weighted by molar-refractivity contribution is -0.143. The Labute approximate surface area is 89.8 Å². The fourth-order valence-electron chi connectivity index (χ4n) is 2.18. The van der Waals surface area contributed by atoms with Gasteiger partial charge in [-0.15, -0.1) is 0 Å². The van der Waals surface area contributed by atoms with Gasteiger partial charge in [-0.3, -0.25) is 9.89 Å². The van der Waals surface area contributed by atoms with Gasteiger partial charge in [0.05, 0.1) is 11.6 Å². The van der Waals surface area contributed by atoms with Gasteiger partial charge in [-0.25, -0.2) is 0 Å². The molecular formula is C9H11BrN2O2. The van der Waals surface area contributed by atoms with E-state index in [0.717, 1.165) is 18.4 Å². The normalized spacial score (nSPS) is 19.8. The van der Waals surface area contributed by atoms with Gasteiger partial charge in [-0.1, -0.05) is 12.8 Å². The van der Waals surface area contributed by atoms with Crippen LogP contribution < -0.4 is 0 Å². The summed E-state index contributed by atoms with van der Waals surface area (Å²) in [6.45, 7) is 0. The minimum Gasteiger partial charge on any atom is -0.481 e. The molecule has 4 nitrogen and oxygen atoms in total. The SMILES string of the molecule is O=C(O)C1(c2cn[nH]c2Br)CCCC1. The molecule has 1 aromatic rings. The molecule has 0 radical (unpaired) electrons. The molecule has 5 heteroatoms.